The smallest absolute Gasteiger partial charge is 0.271 e. The number of halogens is 1. The molecule has 0 aliphatic heterocycles. The molecule has 0 fully saturated rings. The summed E-state index contributed by atoms with van der Waals surface area (Å²) < 4.78 is 4.44. The predicted octanol–water partition coefficient (Wildman–Crippen LogP) is 2.91. The van der Waals surface area contributed by atoms with Gasteiger partial charge in [-0.05, 0) is 78.9 Å². The summed E-state index contributed by atoms with van der Waals surface area (Å²) >= 11 is 3.43. The van der Waals surface area contributed by atoms with Crippen molar-refractivity contribution in [2.75, 3.05) is 0 Å². The minimum atomic E-state index is -0.432. The van der Waals surface area contributed by atoms with Crippen LogP contribution in [0.4, 0.5) is 0 Å². The van der Waals surface area contributed by atoms with E-state index in [0.29, 0.717) is 16.8 Å². The lowest BCUT2D eigenvalue weighted by atomic mass is 10.2. The van der Waals surface area contributed by atoms with Gasteiger partial charge in [-0.2, -0.15) is 0 Å². The molecule has 2 heterocycles. The summed E-state index contributed by atoms with van der Waals surface area (Å²) in [4.78, 5) is 25.1. The molecule has 0 radical (unpaired) electrons. The third-order valence-corrected chi connectivity index (χ3v) is 5.32. The standard InChI is InChI=1S/C21H18BrN7O2/c1-13-11-19(14(2)29(13)18-9-5-16(22)6-10-18)21(31)25-24-20(30)15-3-7-17(8-4-15)28-12-23-26-27-28/h3-12H,1-2H3,(H,24,30)(H,25,31). The summed E-state index contributed by atoms with van der Waals surface area (Å²) in [6, 6.07) is 16.3. The third-order valence-electron chi connectivity index (χ3n) is 4.79. The molecule has 2 aromatic heterocycles. The van der Waals surface area contributed by atoms with Crippen LogP contribution in [0.25, 0.3) is 11.4 Å². The van der Waals surface area contributed by atoms with Crippen LogP contribution in [0.1, 0.15) is 32.1 Å². The zero-order chi connectivity index (χ0) is 22.0. The van der Waals surface area contributed by atoms with Crippen molar-refractivity contribution >= 4 is 27.7 Å². The van der Waals surface area contributed by atoms with Gasteiger partial charge in [0, 0.05) is 27.1 Å². The Morgan fingerprint density at radius 3 is 2.19 bits per heavy atom. The Morgan fingerprint density at radius 2 is 1.55 bits per heavy atom. The number of hydrogen-bond acceptors (Lipinski definition) is 5. The molecule has 10 heteroatoms. The maximum Gasteiger partial charge on any atom is 0.271 e. The molecule has 2 N–H and O–H groups in total. The first kappa shape index (κ1) is 20.5. The predicted molar refractivity (Wildman–Crippen MR) is 117 cm³/mol. The SMILES string of the molecule is Cc1cc(C(=O)NNC(=O)c2ccc(-n3cnnn3)cc2)c(C)n1-c1ccc(Br)cc1. The van der Waals surface area contributed by atoms with Crippen molar-refractivity contribution < 1.29 is 9.59 Å². The Kier molecular flexibility index (Phi) is 5.63. The molecule has 2 amide bonds. The second-order valence-electron chi connectivity index (χ2n) is 6.81. The van der Waals surface area contributed by atoms with Crippen molar-refractivity contribution in [1.29, 1.82) is 0 Å². The lowest BCUT2D eigenvalue weighted by molar-refractivity contribution is 0.0846. The van der Waals surface area contributed by atoms with Crippen molar-refractivity contribution in [2.24, 2.45) is 0 Å². The largest absolute Gasteiger partial charge is 0.318 e. The molecule has 0 unspecified atom stereocenters. The van der Waals surface area contributed by atoms with Gasteiger partial charge in [0.05, 0.1) is 11.3 Å². The molecule has 0 saturated carbocycles. The van der Waals surface area contributed by atoms with Crippen molar-refractivity contribution in [1.82, 2.24) is 35.6 Å². The maximum atomic E-state index is 12.7. The van der Waals surface area contributed by atoms with Crippen LogP contribution < -0.4 is 10.9 Å². The van der Waals surface area contributed by atoms with E-state index in [1.54, 1.807) is 30.3 Å². The highest BCUT2D eigenvalue weighted by molar-refractivity contribution is 9.10. The number of rotatable bonds is 4. The van der Waals surface area contributed by atoms with Gasteiger partial charge in [0.1, 0.15) is 6.33 Å². The quantitative estimate of drug-likeness (QED) is 0.437. The highest BCUT2D eigenvalue weighted by atomic mass is 79.9. The van der Waals surface area contributed by atoms with Gasteiger partial charge in [-0.1, -0.05) is 15.9 Å². The number of aromatic nitrogens is 5. The second kappa shape index (κ2) is 8.52. The van der Waals surface area contributed by atoms with E-state index >= 15 is 0 Å². The zero-order valence-corrected chi connectivity index (χ0v) is 18.3. The molecule has 156 valence electrons. The average molecular weight is 480 g/mol. The van der Waals surface area contributed by atoms with Crippen molar-refractivity contribution in [3.63, 3.8) is 0 Å². The summed E-state index contributed by atoms with van der Waals surface area (Å²) in [5.74, 6) is -0.826. The molecular weight excluding hydrogens is 462 g/mol. The number of carbonyl (C=O) groups is 2. The van der Waals surface area contributed by atoms with Gasteiger partial charge in [0.25, 0.3) is 11.8 Å². The number of nitrogens with one attached hydrogen (secondary N) is 2. The van der Waals surface area contributed by atoms with Crippen molar-refractivity contribution in [3.8, 4) is 11.4 Å². The van der Waals surface area contributed by atoms with E-state index in [-0.39, 0.29) is 0 Å². The lowest BCUT2D eigenvalue weighted by Gasteiger charge is -2.11. The van der Waals surface area contributed by atoms with Crippen LogP contribution in [0.5, 0.6) is 0 Å². The summed E-state index contributed by atoms with van der Waals surface area (Å²) in [5, 5.41) is 10.9. The van der Waals surface area contributed by atoms with E-state index in [4.69, 9.17) is 0 Å². The number of nitrogens with zero attached hydrogens (tertiary/aromatic N) is 5. The molecule has 31 heavy (non-hydrogen) atoms. The molecule has 0 atom stereocenters. The Labute approximate surface area is 186 Å². The highest BCUT2D eigenvalue weighted by Crippen LogP contribution is 2.22. The van der Waals surface area contributed by atoms with Crippen LogP contribution in [-0.4, -0.2) is 36.6 Å². The fourth-order valence-corrected chi connectivity index (χ4v) is 3.54. The topological polar surface area (TPSA) is 107 Å². The molecule has 9 nitrogen and oxygen atoms in total. The molecule has 0 bridgehead atoms. The molecule has 4 rings (SSSR count). The van der Waals surface area contributed by atoms with Gasteiger partial charge < -0.3 is 4.57 Å². The van der Waals surface area contributed by atoms with Crippen molar-refractivity contribution in [3.05, 3.63) is 87.9 Å². The second-order valence-corrected chi connectivity index (χ2v) is 7.72. The number of benzene rings is 2. The van der Waals surface area contributed by atoms with Gasteiger partial charge in [0.15, 0.2) is 0 Å². The molecule has 0 spiro atoms. The maximum absolute atomic E-state index is 12.7. The minimum absolute atomic E-state index is 0.387. The van der Waals surface area contributed by atoms with E-state index < -0.39 is 11.8 Å². The number of hydrogen-bond donors (Lipinski definition) is 2. The lowest BCUT2D eigenvalue weighted by Crippen LogP contribution is -2.41. The van der Waals surface area contributed by atoms with Crippen LogP contribution in [0.3, 0.4) is 0 Å². The van der Waals surface area contributed by atoms with E-state index in [1.165, 1.54) is 11.0 Å². The van der Waals surface area contributed by atoms with Crippen LogP contribution in [-0.2, 0) is 0 Å². The molecule has 0 aliphatic rings. The molecule has 0 saturated heterocycles. The van der Waals surface area contributed by atoms with Gasteiger partial charge in [-0.3, -0.25) is 20.4 Å². The molecule has 2 aromatic carbocycles. The normalized spacial score (nSPS) is 10.7. The Morgan fingerprint density at radius 1 is 0.903 bits per heavy atom. The van der Waals surface area contributed by atoms with Gasteiger partial charge in [0.2, 0.25) is 0 Å². The molecular formula is C21H18BrN7O2. The fraction of sp³-hybridized carbons (Fsp3) is 0.0952. The van der Waals surface area contributed by atoms with Gasteiger partial charge in [-0.15, -0.1) is 5.10 Å². The van der Waals surface area contributed by atoms with Gasteiger partial charge in [-0.25, -0.2) is 4.68 Å². The van der Waals surface area contributed by atoms with Crippen LogP contribution >= 0.6 is 15.9 Å². The number of amides is 2. The number of hydrazine groups is 1. The molecule has 4 aromatic rings. The highest BCUT2D eigenvalue weighted by Gasteiger charge is 2.17. The van der Waals surface area contributed by atoms with E-state index in [9.17, 15) is 9.59 Å². The average Bonchev–Trinajstić information content (AvgIpc) is 3.41. The summed E-state index contributed by atoms with van der Waals surface area (Å²) in [7, 11) is 0. The zero-order valence-electron chi connectivity index (χ0n) is 16.7. The van der Waals surface area contributed by atoms with Gasteiger partial charge >= 0.3 is 0 Å². The minimum Gasteiger partial charge on any atom is -0.318 e. The summed E-state index contributed by atoms with van der Waals surface area (Å²) in [6.07, 6.45) is 1.46. The Hall–Kier alpha value is -3.79. The first-order valence-corrected chi connectivity index (χ1v) is 10.1. The van der Waals surface area contributed by atoms with E-state index in [2.05, 4.69) is 42.3 Å². The number of aryl methyl sites for hydroxylation is 1. The van der Waals surface area contributed by atoms with Crippen LogP contribution in [0, 0.1) is 13.8 Å². The van der Waals surface area contributed by atoms with Crippen LogP contribution in [0.15, 0.2) is 65.4 Å². The Balaban J connectivity index is 1.44. The fourth-order valence-electron chi connectivity index (χ4n) is 3.28. The Bertz CT molecular complexity index is 1230. The number of carbonyl (C=O) groups excluding carboxylic acids is 2. The molecule has 0 aliphatic carbocycles. The third kappa shape index (κ3) is 4.24. The monoisotopic (exact) mass is 479 g/mol. The first-order valence-electron chi connectivity index (χ1n) is 9.33. The summed E-state index contributed by atoms with van der Waals surface area (Å²) in [6.45, 7) is 3.79. The van der Waals surface area contributed by atoms with E-state index in [1.807, 2.05) is 42.7 Å². The van der Waals surface area contributed by atoms with Crippen LogP contribution in [0.2, 0.25) is 0 Å². The van der Waals surface area contributed by atoms with E-state index in [0.717, 1.165) is 21.5 Å². The first-order chi connectivity index (χ1) is 14.9. The number of tetrazole rings is 1. The van der Waals surface area contributed by atoms with Crippen molar-refractivity contribution in [2.45, 2.75) is 13.8 Å². The summed E-state index contributed by atoms with van der Waals surface area (Å²) in [5.41, 5.74) is 9.15.